The van der Waals surface area contributed by atoms with Crippen molar-refractivity contribution in [1.29, 1.82) is 0 Å². The third kappa shape index (κ3) is 1.67. The molecule has 0 aliphatic carbocycles. The maximum Gasteiger partial charge on any atom is 0.311 e. The summed E-state index contributed by atoms with van der Waals surface area (Å²) in [5.74, 6) is -1.10. The fourth-order valence-electron chi connectivity index (χ4n) is 1.13. The number of rotatable bonds is 3. The van der Waals surface area contributed by atoms with Crippen LogP contribution in [-0.4, -0.2) is 11.1 Å². The Morgan fingerprint density at radius 1 is 1.75 bits per heavy atom. The highest BCUT2D eigenvalue weighted by Gasteiger charge is 2.17. The first-order valence-electron chi connectivity index (χ1n) is 3.95. The van der Waals surface area contributed by atoms with Gasteiger partial charge in [0, 0.05) is 4.88 Å². The topological polar surface area (TPSA) is 37.3 Å². The molecule has 12 heavy (non-hydrogen) atoms. The Balaban J connectivity index is 2.93. The van der Waals surface area contributed by atoms with E-state index in [9.17, 15) is 4.79 Å². The van der Waals surface area contributed by atoms with Gasteiger partial charge in [-0.1, -0.05) is 6.92 Å². The van der Waals surface area contributed by atoms with Gasteiger partial charge in [0.2, 0.25) is 0 Å². The maximum atomic E-state index is 10.7. The van der Waals surface area contributed by atoms with Gasteiger partial charge >= 0.3 is 5.97 Å². The molecule has 1 heterocycles. The molecular weight excluding hydrogens is 172 g/mol. The molecule has 0 aliphatic rings. The van der Waals surface area contributed by atoms with Gasteiger partial charge in [-0.25, -0.2) is 0 Å². The van der Waals surface area contributed by atoms with E-state index in [1.165, 1.54) is 11.3 Å². The van der Waals surface area contributed by atoms with Crippen molar-refractivity contribution >= 4 is 17.3 Å². The predicted molar refractivity (Wildman–Crippen MR) is 49.7 cm³/mol. The van der Waals surface area contributed by atoms with Gasteiger partial charge < -0.3 is 5.11 Å². The maximum absolute atomic E-state index is 10.7. The molecule has 0 aliphatic heterocycles. The number of hydrogen-bond acceptors (Lipinski definition) is 2. The number of carboxylic acids is 1. The Morgan fingerprint density at radius 3 is 2.92 bits per heavy atom. The summed E-state index contributed by atoms with van der Waals surface area (Å²) in [5, 5.41) is 10.7. The van der Waals surface area contributed by atoms with Crippen molar-refractivity contribution < 1.29 is 9.90 Å². The van der Waals surface area contributed by atoms with Gasteiger partial charge in [0.25, 0.3) is 0 Å². The van der Waals surface area contributed by atoms with Crippen LogP contribution in [0.2, 0.25) is 0 Å². The number of carboxylic acid groups (broad SMARTS) is 1. The van der Waals surface area contributed by atoms with Crippen LogP contribution in [0.15, 0.2) is 11.4 Å². The molecule has 1 unspecified atom stereocenters. The summed E-state index contributed by atoms with van der Waals surface area (Å²) in [7, 11) is 0. The molecular formula is C9H12O2S. The molecule has 0 aromatic carbocycles. The summed E-state index contributed by atoms with van der Waals surface area (Å²) in [6.45, 7) is 3.77. The summed E-state index contributed by atoms with van der Waals surface area (Å²) >= 11 is 1.53. The second kappa shape index (κ2) is 3.72. The Labute approximate surface area is 75.9 Å². The summed E-state index contributed by atoms with van der Waals surface area (Å²) < 4.78 is 0. The van der Waals surface area contributed by atoms with E-state index in [1.54, 1.807) is 6.92 Å². The van der Waals surface area contributed by atoms with Gasteiger partial charge in [-0.2, -0.15) is 0 Å². The van der Waals surface area contributed by atoms with Gasteiger partial charge in [0.15, 0.2) is 0 Å². The second-order valence-electron chi connectivity index (χ2n) is 2.72. The lowest BCUT2D eigenvalue weighted by Crippen LogP contribution is -2.07. The zero-order chi connectivity index (χ0) is 9.14. The summed E-state index contributed by atoms with van der Waals surface area (Å²) in [6, 6.07) is 2.00. The molecule has 1 rings (SSSR count). The lowest BCUT2D eigenvalue weighted by atomic mass is 10.1. The average molecular weight is 184 g/mol. The zero-order valence-corrected chi connectivity index (χ0v) is 8.02. The van der Waals surface area contributed by atoms with Gasteiger partial charge in [0.05, 0.1) is 5.92 Å². The number of aliphatic carboxylic acids is 1. The predicted octanol–water partition coefficient (Wildman–Crippen LogP) is 2.50. The number of aryl methyl sites for hydroxylation is 1. The summed E-state index contributed by atoms with van der Waals surface area (Å²) in [5.41, 5.74) is 1.16. The SMILES string of the molecule is CCc1ccsc1C(C)C(=O)O. The highest BCUT2D eigenvalue weighted by atomic mass is 32.1. The second-order valence-corrected chi connectivity index (χ2v) is 3.67. The Kier molecular flexibility index (Phi) is 2.87. The minimum atomic E-state index is -0.743. The van der Waals surface area contributed by atoms with E-state index in [1.807, 2.05) is 18.4 Å². The van der Waals surface area contributed by atoms with E-state index in [-0.39, 0.29) is 5.92 Å². The van der Waals surface area contributed by atoms with E-state index < -0.39 is 5.97 Å². The van der Waals surface area contributed by atoms with Gasteiger partial charge in [-0.3, -0.25) is 4.79 Å². The molecule has 66 valence electrons. The van der Waals surface area contributed by atoms with Crippen LogP contribution in [0.4, 0.5) is 0 Å². The molecule has 0 saturated carbocycles. The molecule has 1 N–H and O–H groups in total. The van der Waals surface area contributed by atoms with E-state index >= 15 is 0 Å². The molecule has 0 spiro atoms. The Bertz CT molecular complexity index is 278. The lowest BCUT2D eigenvalue weighted by molar-refractivity contribution is -0.138. The van der Waals surface area contributed by atoms with Crippen molar-refractivity contribution in [2.75, 3.05) is 0 Å². The molecule has 1 aromatic heterocycles. The van der Waals surface area contributed by atoms with Crippen LogP contribution in [0.1, 0.15) is 30.2 Å². The Hall–Kier alpha value is -0.830. The molecule has 1 atom stereocenters. The molecule has 3 heteroatoms. The summed E-state index contributed by atoms with van der Waals surface area (Å²) in [6.07, 6.45) is 0.913. The van der Waals surface area contributed by atoms with Crippen LogP contribution in [0, 0.1) is 0 Å². The minimum Gasteiger partial charge on any atom is -0.481 e. The third-order valence-electron chi connectivity index (χ3n) is 1.93. The van der Waals surface area contributed by atoms with E-state index in [4.69, 9.17) is 5.11 Å². The van der Waals surface area contributed by atoms with E-state index in [2.05, 4.69) is 0 Å². The smallest absolute Gasteiger partial charge is 0.311 e. The zero-order valence-electron chi connectivity index (χ0n) is 7.20. The first-order valence-corrected chi connectivity index (χ1v) is 4.83. The quantitative estimate of drug-likeness (QED) is 0.783. The van der Waals surface area contributed by atoms with Crippen LogP contribution in [-0.2, 0) is 11.2 Å². The molecule has 2 nitrogen and oxygen atoms in total. The van der Waals surface area contributed by atoms with Crippen molar-refractivity contribution in [2.45, 2.75) is 26.2 Å². The van der Waals surface area contributed by atoms with Crippen LogP contribution in [0.5, 0.6) is 0 Å². The molecule has 0 bridgehead atoms. The van der Waals surface area contributed by atoms with Gasteiger partial charge in [-0.15, -0.1) is 11.3 Å². The van der Waals surface area contributed by atoms with Gasteiger partial charge in [-0.05, 0) is 30.4 Å². The van der Waals surface area contributed by atoms with Crippen LogP contribution in [0.25, 0.3) is 0 Å². The number of thiophene rings is 1. The normalized spacial score (nSPS) is 12.8. The van der Waals surface area contributed by atoms with E-state index in [0.717, 1.165) is 16.9 Å². The monoisotopic (exact) mass is 184 g/mol. The largest absolute Gasteiger partial charge is 0.481 e. The fraction of sp³-hybridized carbons (Fsp3) is 0.444. The standard InChI is InChI=1S/C9H12O2S/c1-3-7-4-5-12-8(7)6(2)9(10)11/h4-6H,3H2,1-2H3,(H,10,11). The highest BCUT2D eigenvalue weighted by molar-refractivity contribution is 7.10. The van der Waals surface area contributed by atoms with Crippen molar-refractivity contribution in [3.8, 4) is 0 Å². The molecule has 0 amide bonds. The fourth-order valence-corrected chi connectivity index (χ4v) is 2.18. The molecule has 1 aromatic rings. The molecule has 0 fully saturated rings. The van der Waals surface area contributed by atoms with Crippen LogP contribution in [0.3, 0.4) is 0 Å². The molecule has 0 saturated heterocycles. The van der Waals surface area contributed by atoms with Crippen molar-refractivity contribution in [1.82, 2.24) is 0 Å². The minimum absolute atomic E-state index is 0.361. The summed E-state index contributed by atoms with van der Waals surface area (Å²) in [4.78, 5) is 11.7. The number of carbonyl (C=O) groups is 1. The van der Waals surface area contributed by atoms with Gasteiger partial charge in [0.1, 0.15) is 0 Å². The van der Waals surface area contributed by atoms with Crippen molar-refractivity contribution in [3.05, 3.63) is 21.9 Å². The molecule has 0 radical (unpaired) electrons. The van der Waals surface area contributed by atoms with E-state index in [0.29, 0.717) is 0 Å². The third-order valence-corrected chi connectivity index (χ3v) is 3.07. The first kappa shape index (κ1) is 9.26. The lowest BCUT2D eigenvalue weighted by Gasteiger charge is -2.05. The Morgan fingerprint density at radius 2 is 2.42 bits per heavy atom. The van der Waals surface area contributed by atoms with Crippen LogP contribution < -0.4 is 0 Å². The van der Waals surface area contributed by atoms with Crippen molar-refractivity contribution in [3.63, 3.8) is 0 Å². The highest BCUT2D eigenvalue weighted by Crippen LogP contribution is 2.26. The van der Waals surface area contributed by atoms with Crippen molar-refractivity contribution in [2.24, 2.45) is 0 Å². The van der Waals surface area contributed by atoms with Crippen LogP contribution >= 0.6 is 11.3 Å². The average Bonchev–Trinajstić information content (AvgIpc) is 2.49. The first-order chi connectivity index (χ1) is 5.66. The number of hydrogen-bond donors (Lipinski definition) is 1.